The lowest BCUT2D eigenvalue weighted by Gasteiger charge is -2.64. The standard InChI is InChI=1S/C28H41NO9/c1-7-25(5)15-28(36-16-27(17-37-28,23(30)31)24(32)33)19(4)26(6,8-2)29(25)38-18(3)20-9-11-21(12-10-20)34-13-22-14-35-22/h9-12,18-19,22H,7-8,13-17H2,1-6H3,(H,30,31)(H,32,33). The van der Waals surface area contributed by atoms with Gasteiger partial charge in [-0.1, -0.05) is 32.9 Å². The van der Waals surface area contributed by atoms with Crippen molar-refractivity contribution >= 4 is 11.9 Å². The number of hydrogen-bond donors (Lipinski definition) is 2. The largest absolute Gasteiger partial charge is 0.491 e. The van der Waals surface area contributed by atoms with Crippen LogP contribution >= 0.6 is 0 Å². The molecule has 4 rings (SSSR count). The molecule has 1 spiro atoms. The number of aliphatic carboxylic acids is 2. The number of epoxide rings is 1. The fourth-order valence-electron chi connectivity index (χ4n) is 5.66. The molecule has 0 saturated carbocycles. The third-order valence-corrected chi connectivity index (χ3v) is 9.05. The molecule has 0 radical (unpaired) electrons. The zero-order chi connectivity index (χ0) is 27.9. The molecule has 10 nitrogen and oxygen atoms in total. The lowest BCUT2D eigenvalue weighted by Crippen LogP contribution is -2.74. The van der Waals surface area contributed by atoms with E-state index in [4.69, 9.17) is 23.8 Å². The fourth-order valence-corrected chi connectivity index (χ4v) is 5.66. The Labute approximate surface area is 224 Å². The maximum atomic E-state index is 11.9. The van der Waals surface area contributed by atoms with Crippen molar-refractivity contribution in [1.82, 2.24) is 5.06 Å². The van der Waals surface area contributed by atoms with Crippen molar-refractivity contribution in [3.63, 3.8) is 0 Å². The average Bonchev–Trinajstić information content (AvgIpc) is 3.74. The summed E-state index contributed by atoms with van der Waals surface area (Å²) in [5.74, 6) is -3.54. The Morgan fingerprint density at radius 3 is 2.13 bits per heavy atom. The predicted octanol–water partition coefficient (Wildman–Crippen LogP) is 4.03. The van der Waals surface area contributed by atoms with Gasteiger partial charge in [-0.05, 0) is 51.3 Å². The van der Waals surface area contributed by atoms with Crippen molar-refractivity contribution in [2.75, 3.05) is 26.4 Å². The highest BCUT2D eigenvalue weighted by atomic mass is 16.7. The molecule has 5 atom stereocenters. The molecule has 3 aliphatic heterocycles. The molecule has 3 heterocycles. The number of carbonyl (C=O) groups is 2. The van der Waals surface area contributed by atoms with Gasteiger partial charge >= 0.3 is 11.9 Å². The SMILES string of the molecule is CCC1(C)CC2(OCC(C(=O)O)(C(=O)O)CO2)C(C)C(C)(CC)N1OC(C)c1ccc(OCC2CO2)cc1. The van der Waals surface area contributed by atoms with Gasteiger partial charge in [0, 0.05) is 17.9 Å². The average molecular weight is 536 g/mol. The van der Waals surface area contributed by atoms with E-state index in [0.29, 0.717) is 25.9 Å². The summed E-state index contributed by atoms with van der Waals surface area (Å²) in [6, 6.07) is 7.87. The third-order valence-electron chi connectivity index (χ3n) is 9.05. The van der Waals surface area contributed by atoms with Gasteiger partial charge in [-0.3, -0.25) is 14.4 Å². The van der Waals surface area contributed by atoms with Crippen LogP contribution < -0.4 is 4.74 Å². The quantitative estimate of drug-likeness (QED) is 0.335. The first kappa shape index (κ1) is 28.8. The minimum Gasteiger partial charge on any atom is -0.491 e. The van der Waals surface area contributed by atoms with Gasteiger partial charge in [0.25, 0.3) is 0 Å². The van der Waals surface area contributed by atoms with Crippen LogP contribution in [-0.2, 0) is 28.6 Å². The summed E-state index contributed by atoms with van der Waals surface area (Å²) in [7, 11) is 0. The number of hydrogen-bond acceptors (Lipinski definition) is 8. The van der Waals surface area contributed by atoms with E-state index >= 15 is 0 Å². The minimum atomic E-state index is -2.13. The van der Waals surface area contributed by atoms with Gasteiger partial charge in [0.2, 0.25) is 5.41 Å². The molecule has 1 aromatic rings. The minimum absolute atomic E-state index is 0.196. The van der Waals surface area contributed by atoms with Crippen molar-refractivity contribution in [1.29, 1.82) is 0 Å². The van der Waals surface area contributed by atoms with Crippen LogP contribution in [0.1, 0.15) is 72.5 Å². The molecule has 3 fully saturated rings. The second-order valence-corrected chi connectivity index (χ2v) is 11.4. The Hall–Kier alpha value is -2.24. The second-order valence-electron chi connectivity index (χ2n) is 11.4. The van der Waals surface area contributed by atoms with E-state index in [1.807, 2.05) is 38.1 Å². The summed E-state index contributed by atoms with van der Waals surface area (Å²) in [5, 5.41) is 21.4. The first-order valence-electron chi connectivity index (χ1n) is 13.4. The maximum Gasteiger partial charge on any atom is 0.325 e. The lowest BCUT2D eigenvalue weighted by atomic mass is 9.66. The van der Waals surface area contributed by atoms with E-state index < -0.39 is 47.4 Å². The van der Waals surface area contributed by atoms with Crippen LogP contribution in [0, 0.1) is 11.3 Å². The smallest absolute Gasteiger partial charge is 0.325 e. The van der Waals surface area contributed by atoms with Gasteiger partial charge in [0.1, 0.15) is 24.6 Å². The molecule has 3 saturated heterocycles. The van der Waals surface area contributed by atoms with Gasteiger partial charge in [0.05, 0.1) is 25.4 Å². The molecule has 0 aromatic heterocycles. The first-order valence-corrected chi connectivity index (χ1v) is 13.4. The molecule has 10 heteroatoms. The van der Waals surface area contributed by atoms with Crippen LogP contribution in [0.4, 0.5) is 0 Å². The number of carboxylic acid groups (broad SMARTS) is 2. The molecule has 0 aliphatic carbocycles. The number of hydroxylamine groups is 2. The third kappa shape index (κ3) is 4.93. The van der Waals surface area contributed by atoms with Gasteiger partial charge in [-0.25, -0.2) is 0 Å². The van der Waals surface area contributed by atoms with Crippen molar-refractivity contribution in [3.05, 3.63) is 29.8 Å². The molecular weight excluding hydrogens is 494 g/mol. The first-order chi connectivity index (χ1) is 17.9. The molecular formula is C28H41NO9. The van der Waals surface area contributed by atoms with E-state index in [0.717, 1.165) is 17.9 Å². The molecule has 0 bridgehead atoms. The van der Waals surface area contributed by atoms with Gasteiger partial charge < -0.3 is 29.2 Å². The lowest BCUT2D eigenvalue weighted by molar-refractivity contribution is -0.413. The molecule has 3 aliphatic rings. The monoisotopic (exact) mass is 535 g/mol. The van der Waals surface area contributed by atoms with Crippen molar-refractivity contribution in [3.8, 4) is 5.75 Å². The highest BCUT2D eigenvalue weighted by Crippen LogP contribution is 2.55. The summed E-state index contributed by atoms with van der Waals surface area (Å²) >= 11 is 0. The molecule has 0 amide bonds. The normalized spacial score (nSPS) is 33.0. The Bertz CT molecular complexity index is 1000. The van der Waals surface area contributed by atoms with Crippen LogP contribution in [0.2, 0.25) is 0 Å². The number of nitrogens with zero attached hydrogens (tertiary/aromatic N) is 1. The van der Waals surface area contributed by atoms with Crippen LogP contribution in [0.25, 0.3) is 0 Å². The Morgan fingerprint density at radius 1 is 1.08 bits per heavy atom. The molecule has 5 unspecified atom stereocenters. The van der Waals surface area contributed by atoms with Crippen molar-refractivity contribution < 1.29 is 43.6 Å². The molecule has 212 valence electrons. The maximum absolute atomic E-state index is 11.9. The van der Waals surface area contributed by atoms with Gasteiger partial charge in [-0.15, -0.1) is 0 Å². The van der Waals surface area contributed by atoms with Crippen LogP contribution in [-0.4, -0.2) is 76.6 Å². The number of ether oxygens (including phenoxy) is 4. The highest BCUT2D eigenvalue weighted by molar-refractivity contribution is 5.98. The molecule has 38 heavy (non-hydrogen) atoms. The van der Waals surface area contributed by atoms with Crippen molar-refractivity contribution in [2.24, 2.45) is 11.3 Å². The van der Waals surface area contributed by atoms with E-state index in [1.165, 1.54) is 0 Å². The highest BCUT2D eigenvalue weighted by Gasteiger charge is 2.66. The number of benzene rings is 1. The summed E-state index contributed by atoms with van der Waals surface area (Å²) in [6.45, 7) is 12.7. The molecule has 2 N–H and O–H groups in total. The Morgan fingerprint density at radius 2 is 1.66 bits per heavy atom. The van der Waals surface area contributed by atoms with Crippen LogP contribution in [0.3, 0.4) is 0 Å². The van der Waals surface area contributed by atoms with E-state index in [2.05, 4.69) is 32.8 Å². The van der Waals surface area contributed by atoms with E-state index in [-0.39, 0.29) is 18.1 Å². The van der Waals surface area contributed by atoms with Crippen molar-refractivity contribution in [2.45, 2.75) is 89.9 Å². The van der Waals surface area contributed by atoms with E-state index in [9.17, 15) is 19.8 Å². The Kier molecular flexibility index (Phi) is 7.86. The number of carboxylic acids is 2. The fraction of sp³-hybridized carbons (Fsp3) is 0.714. The van der Waals surface area contributed by atoms with Crippen LogP contribution in [0.15, 0.2) is 24.3 Å². The van der Waals surface area contributed by atoms with E-state index in [1.54, 1.807) is 0 Å². The summed E-state index contributed by atoms with van der Waals surface area (Å²) < 4.78 is 23.3. The summed E-state index contributed by atoms with van der Waals surface area (Å²) in [5.41, 5.74) is -2.22. The molecule has 1 aromatic carbocycles. The zero-order valence-electron chi connectivity index (χ0n) is 23.2. The number of rotatable bonds is 10. The topological polar surface area (TPSA) is 127 Å². The van der Waals surface area contributed by atoms with Gasteiger partial charge in [0.15, 0.2) is 5.79 Å². The zero-order valence-corrected chi connectivity index (χ0v) is 23.2. The number of piperidine rings is 1. The van der Waals surface area contributed by atoms with Crippen LogP contribution in [0.5, 0.6) is 5.75 Å². The predicted molar refractivity (Wildman–Crippen MR) is 137 cm³/mol. The second kappa shape index (κ2) is 10.4. The van der Waals surface area contributed by atoms with Gasteiger partial charge in [-0.2, -0.15) is 5.06 Å². The summed E-state index contributed by atoms with van der Waals surface area (Å²) in [4.78, 5) is 30.4. The Balaban J connectivity index is 1.55. The summed E-state index contributed by atoms with van der Waals surface area (Å²) in [6.07, 6.45) is 1.74.